The van der Waals surface area contributed by atoms with Gasteiger partial charge in [-0.1, -0.05) is 12.1 Å². The number of urea groups is 1. The lowest BCUT2D eigenvalue weighted by Crippen LogP contribution is -2.59. The zero-order valence-electron chi connectivity index (χ0n) is 11.3. The van der Waals surface area contributed by atoms with Crippen molar-refractivity contribution in [3.63, 3.8) is 0 Å². The largest absolute Gasteiger partial charge is 0.485 e. The summed E-state index contributed by atoms with van der Waals surface area (Å²) in [7, 11) is 0. The van der Waals surface area contributed by atoms with Crippen molar-refractivity contribution in [2.45, 2.75) is 6.10 Å². The molecule has 3 amide bonds. The highest BCUT2D eigenvalue weighted by Gasteiger charge is 2.32. The normalized spacial score (nSPS) is 14.3. The molecule has 2 rings (SSSR count). The zero-order valence-corrected chi connectivity index (χ0v) is 11.3. The van der Waals surface area contributed by atoms with Crippen LogP contribution in [-0.4, -0.2) is 60.2 Å². The van der Waals surface area contributed by atoms with Crippen LogP contribution in [0, 0.1) is 0 Å². The molecule has 3 N–H and O–H groups in total. The maximum absolute atomic E-state index is 11.4. The predicted molar refractivity (Wildman–Crippen MR) is 73.7 cm³/mol. The van der Waals surface area contributed by atoms with E-state index in [1.54, 1.807) is 24.3 Å². The lowest BCUT2D eigenvalue weighted by molar-refractivity contribution is -0.108. The van der Waals surface area contributed by atoms with Crippen LogP contribution in [0.4, 0.5) is 10.5 Å². The van der Waals surface area contributed by atoms with Crippen LogP contribution in [0.3, 0.4) is 0 Å². The van der Waals surface area contributed by atoms with E-state index in [-0.39, 0.29) is 12.1 Å². The Hall–Kier alpha value is -2.32. The molecule has 0 radical (unpaired) electrons. The first-order valence-electron chi connectivity index (χ1n) is 6.41. The molecule has 1 aliphatic rings. The minimum absolute atomic E-state index is 0.192. The molecule has 0 aliphatic carbocycles. The summed E-state index contributed by atoms with van der Waals surface area (Å²) in [4.78, 5) is 24.9. The molecule has 1 aliphatic heterocycles. The maximum atomic E-state index is 11.4. The number of aliphatic hydroxyl groups is 2. The van der Waals surface area contributed by atoms with Gasteiger partial charge in [0.05, 0.1) is 18.8 Å². The summed E-state index contributed by atoms with van der Waals surface area (Å²) in [6.45, 7) is -0.0746. The van der Waals surface area contributed by atoms with Crippen LogP contribution < -0.4 is 15.0 Å². The Morgan fingerprint density at radius 1 is 1.43 bits per heavy atom. The molecule has 1 saturated heterocycles. The summed E-state index contributed by atoms with van der Waals surface area (Å²) in [6, 6.07) is 6.49. The molecule has 0 saturated carbocycles. The number of nitrogens with zero attached hydrogens (tertiary/aromatic N) is 2. The van der Waals surface area contributed by atoms with Gasteiger partial charge in [-0.25, -0.2) is 4.79 Å². The molecule has 1 aromatic carbocycles. The molecule has 1 fully saturated rings. The highest BCUT2D eigenvalue weighted by atomic mass is 16.5. The summed E-state index contributed by atoms with van der Waals surface area (Å²) in [5.41, 5.74) is 0.466. The fraction of sp³-hybridized carbons (Fsp3) is 0.385. The third kappa shape index (κ3) is 3.41. The van der Waals surface area contributed by atoms with Gasteiger partial charge in [-0.15, -0.1) is 0 Å². The number of aliphatic hydroxyl groups excluding tert-OH is 2. The van der Waals surface area contributed by atoms with Crippen molar-refractivity contribution >= 4 is 18.1 Å². The average molecular weight is 295 g/mol. The first-order valence-corrected chi connectivity index (χ1v) is 6.41. The maximum Gasteiger partial charge on any atom is 0.319 e. The molecule has 8 nitrogen and oxygen atoms in total. The van der Waals surface area contributed by atoms with Crippen molar-refractivity contribution in [1.29, 1.82) is 0 Å². The smallest absolute Gasteiger partial charge is 0.319 e. The van der Waals surface area contributed by atoms with Crippen LogP contribution in [-0.2, 0) is 4.79 Å². The number of rotatable bonds is 6. The fourth-order valence-electron chi connectivity index (χ4n) is 2.00. The molecule has 21 heavy (non-hydrogen) atoms. The van der Waals surface area contributed by atoms with Gasteiger partial charge >= 0.3 is 6.03 Å². The van der Waals surface area contributed by atoms with Crippen molar-refractivity contribution in [2.24, 2.45) is 0 Å². The molecular weight excluding hydrogens is 278 g/mol. The Kier molecular flexibility index (Phi) is 4.96. The quantitative estimate of drug-likeness (QED) is 0.477. The number of ether oxygens (including phenoxy) is 1. The Morgan fingerprint density at radius 3 is 2.76 bits per heavy atom. The lowest BCUT2D eigenvalue weighted by Gasteiger charge is -2.39. The highest BCUT2D eigenvalue weighted by molar-refractivity contribution is 5.78. The molecule has 0 unspecified atom stereocenters. The second kappa shape index (κ2) is 6.91. The van der Waals surface area contributed by atoms with Crippen LogP contribution in [0.5, 0.6) is 5.75 Å². The number of amides is 3. The standard InChI is InChI=1S/C13H17N3O5/c17-7-14-13(20)15-5-10(6-15)21-12-4-2-1-3-11(12)16(8-18)9-19/h1-4,8,10,17,19H,5-7,9H2,(H,14,20). The van der Waals surface area contributed by atoms with Crippen LogP contribution in [0.25, 0.3) is 0 Å². The predicted octanol–water partition coefficient (Wildman–Crippen LogP) is -0.678. The van der Waals surface area contributed by atoms with Gasteiger partial charge in [-0.3, -0.25) is 9.69 Å². The van der Waals surface area contributed by atoms with E-state index in [9.17, 15) is 9.59 Å². The van der Waals surface area contributed by atoms with Crippen molar-refractivity contribution in [3.8, 4) is 5.75 Å². The number of benzene rings is 1. The monoisotopic (exact) mass is 295 g/mol. The third-order valence-electron chi connectivity index (χ3n) is 3.11. The molecule has 0 spiro atoms. The number of anilines is 1. The van der Waals surface area contributed by atoms with Gasteiger partial charge in [0.25, 0.3) is 0 Å². The van der Waals surface area contributed by atoms with Gasteiger partial charge < -0.3 is 25.2 Å². The van der Waals surface area contributed by atoms with Crippen molar-refractivity contribution in [2.75, 3.05) is 31.5 Å². The number of carbonyl (C=O) groups is 2. The van der Waals surface area contributed by atoms with E-state index in [1.165, 1.54) is 4.90 Å². The number of nitrogens with one attached hydrogen (secondary N) is 1. The Balaban J connectivity index is 1.96. The topological polar surface area (TPSA) is 102 Å². The van der Waals surface area contributed by atoms with E-state index in [2.05, 4.69) is 5.32 Å². The molecule has 8 heteroatoms. The highest BCUT2D eigenvalue weighted by Crippen LogP contribution is 2.29. The Morgan fingerprint density at radius 2 is 2.14 bits per heavy atom. The molecule has 0 bridgehead atoms. The molecular formula is C13H17N3O5. The minimum Gasteiger partial charge on any atom is -0.485 e. The second-order valence-corrected chi connectivity index (χ2v) is 4.47. The first-order chi connectivity index (χ1) is 10.2. The van der Waals surface area contributed by atoms with Gasteiger partial charge in [-0.05, 0) is 12.1 Å². The third-order valence-corrected chi connectivity index (χ3v) is 3.11. The summed E-state index contributed by atoms with van der Waals surface area (Å²) in [5, 5.41) is 20.0. The zero-order chi connectivity index (χ0) is 15.2. The fourth-order valence-corrected chi connectivity index (χ4v) is 2.00. The van der Waals surface area contributed by atoms with Gasteiger partial charge in [0.1, 0.15) is 25.3 Å². The van der Waals surface area contributed by atoms with E-state index >= 15 is 0 Å². The number of likely N-dealkylation sites (tertiary alicyclic amines) is 1. The van der Waals surface area contributed by atoms with Crippen LogP contribution in [0.2, 0.25) is 0 Å². The van der Waals surface area contributed by atoms with Crippen molar-refractivity contribution < 1.29 is 24.5 Å². The van der Waals surface area contributed by atoms with Crippen LogP contribution >= 0.6 is 0 Å². The first kappa shape index (κ1) is 15.1. The number of hydrogen-bond donors (Lipinski definition) is 3. The number of hydrogen-bond acceptors (Lipinski definition) is 5. The molecule has 0 atom stereocenters. The van der Waals surface area contributed by atoms with Crippen LogP contribution in [0.15, 0.2) is 24.3 Å². The second-order valence-electron chi connectivity index (χ2n) is 4.47. The number of para-hydroxylation sites is 2. The molecule has 114 valence electrons. The number of carbonyl (C=O) groups excluding carboxylic acids is 2. The Labute approximate surface area is 121 Å². The Bertz CT molecular complexity index is 504. The van der Waals surface area contributed by atoms with Crippen molar-refractivity contribution in [3.05, 3.63) is 24.3 Å². The van der Waals surface area contributed by atoms with Gasteiger partial charge in [0, 0.05) is 0 Å². The van der Waals surface area contributed by atoms with Gasteiger partial charge in [0.2, 0.25) is 6.41 Å². The SMILES string of the molecule is O=CN(CO)c1ccccc1OC1CN(C(=O)NCO)C1. The van der Waals surface area contributed by atoms with E-state index < -0.39 is 13.5 Å². The summed E-state index contributed by atoms with van der Waals surface area (Å²) in [6.07, 6.45) is 0.326. The molecule has 1 aromatic rings. The van der Waals surface area contributed by atoms with E-state index in [4.69, 9.17) is 14.9 Å². The summed E-state index contributed by atoms with van der Waals surface area (Å²) < 4.78 is 5.73. The van der Waals surface area contributed by atoms with E-state index in [0.717, 1.165) is 4.90 Å². The van der Waals surface area contributed by atoms with Gasteiger partial charge in [0.15, 0.2) is 0 Å². The lowest BCUT2D eigenvalue weighted by atomic mass is 10.2. The van der Waals surface area contributed by atoms with E-state index in [0.29, 0.717) is 30.9 Å². The molecule has 1 heterocycles. The minimum atomic E-state index is -0.445. The van der Waals surface area contributed by atoms with Gasteiger partial charge in [-0.2, -0.15) is 0 Å². The van der Waals surface area contributed by atoms with E-state index in [1.807, 2.05) is 0 Å². The summed E-state index contributed by atoms with van der Waals surface area (Å²) in [5.74, 6) is 0.464. The van der Waals surface area contributed by atoms with Crippen molar-refractivity contribution in [1.82, 2.24) is 10.2 Å². The molecule has 0 aromatic heterocycles. The van der Waals surface area contributed by atoms with Crippen LogP contribution in [0.1, 0.15) is 0 Å². The average Bonchev–Trinajstić information content (AvgIpc) is 2.45. The summed E-state index contributed by atoms with van der Waals surface area (Å²) >= 11 is 0.